The van der Waals surface area contributed by atoms with Crippen LogP contribution in [-0.4, -0.2) is 4.98 Å². The van der Waals surface area contributed by atoms with Crippen LogP contribution in [0.15, 0.2) is 48.5 Å². The van der Waals surface area contributed by atoms with E-state index in [1.165, 1.54) is 16.7 Å². The fraction of sp³-hybridized carbons (Fsp3) is 0.211. The van der Waals surface area contributed by atoms with E-state index >= 15 is 0 Å². The van der Waals surface area contributed by atoms with Gasteiger partial charge in [-0.2, -0.15) is 0 Å². The molecule has 1 aliphatic rings. The Labute approximate surface area is 124 Å². The predicted octanol–water partition coefficient (Wildman–Crippen LogP) is 4.32. The third kappa shape index (κ3) is 1.69. The van der Waals surface area contributed by atoms with Crippen molar-refractivity contribution in [3.05, 3.63) is 59.7 Å². The number of para-hydroxylation sites is 1. The van der Waals surface area contributed by atoms with Crippen molar-refractivity contribution in [3.8, 4) is 11.3 Å². The largest absolute Gasteiger partial charge is 0.398 e. The molecule has 2 nitrogen and oxygen atoms in total. The van der Waals surface area contributed by atoms with Crippen LogP contribution in [0.3, 0.4) is 0 Å². The minimum Gasteiger partial charge on any atom is -0.398 e. The Morgan fingerprint density at radius 2 is 1.71 bits per heavy atom. The van der Waals surface area contributed by atoms with Crippen LogP contribution in [0.25, 0.3) is 22.2 Å². The molecule has 1 aromatic heterocycles. The Kier molecular flexibility index (Phi) is 2.41. The Morgan fingerprint density at radius 1 is 1.00 bits per heavy atom. The first kappa shape index (κ1) is 12.4. The number of benzene rings is 2. The van der Waals surface area contributed by atoms with Crippen LogP contribution in [0.1, 0.15) is 25.0 Å². The number of hydrogen-bond donors (Lipinski definition) is 1. The number of nitrogens with zero attached hydrogens (tertiary/aromatic N) is 1. The van der Waals surface area contributed by atoms with Crippen molar-refractivity contribution in [2.24, 2.45) is 0 Å². The van der Waals surface area contributed by atoms with E-state index in [0.717, 1.165) is 28.7 Å². The summed E-state index contributed by atoms with van der Waals surface area (Å²) in [5, 5.41) is 1.06. The van der Waals surface area contributed by atoms with E-state index in [9.17, 15) is 0 Å². The molecule has 0 amide bonds. The third-order valence-electron chi connectivity index (χ3n) is 4.57. The van der Waals surface area contributed by atoms with E-state index < -0.39 is 0 Å². The molecule has 2 heteroatoms. The maximum absolute atomic E-state index is 6.48. The Bertz CT molecular complexity index is 863. The molecule has 0 bridgehead atoms. The molecular formula is C19H18N2. The molecule has 1 aliphatic carbocycles. The number of hydrogen-bond acceptors (Lipinski definition) is 2. The predicted molar refractivity (Wildman–Crippen MR) is 88.3 cm³/mol. The third-order valence-corrected chi connectivity index (χ3v) is 4.57. The average molecular weight is 274 g/mol. The second kappa shape index (κ2) is 4.08. The Hall–Kier alpha value is -2.35. The van der Waals surface area contributed by atoms with Crippen molar-refractivity contribution in [1.82, 2.24) is 4.98 Å². The summed E-state index contributed by atoms with van der Waals surface area (Å²) in [6.45, 7) is 4.56. The molecule has 3 aromatic rings. The van der Waals surface area contributed by atoms with Crippen LogP contribution >= 0.6 is 0 Å². The quantitative estimate of drug-likeness (QED) is 0.663. The highest BCUT2D eigenvalue weighted by Gasteiger charge is 2.33. The SMILES string of the molecule is CC1(C)Cc2c(nc3ccccc3c2N)-c2ccccc21. The van der Waals surface area contributed by atoms with E-state index in [2.05, 4.69) is 44.2 Å². The lowest BCUT2D eigenvalue weighted by molar-refractivity contribution is 0.517. The molecule has 0 saturated carbocycles. The van der Waals surface area contributed by atoms with Gasteiger partial charge in [0.05, 0.1) is 11.2 Å². The van der Waals surface area contributed by atoms with Crippen LogP contribution in [0, 0.1) is 0 Å². The lowest BCUT2D eigenvalue weighted by Crippen LogP contribution is -2.27. The topological polar surface area (TPSA) is 38.9 Å². The summed E-state index contributed by atoms with van der Waals surface area (Å²) in [4.78, 5) is 4.90. The van der Waals surface area contributed by atoms with Crippen LogP contribution in [0.5, 0.6) is 0 Å². The molecule has 0 radical (unpaired) electrons. The summed E-state index contributed by atoms with van der Waals surface area (Å²) < 4.78 is 0. The van der Waals surface area contributed by atoms with Crippen molar-refractivity contribution in [2.45, 2.75) is 25.7 Å². The summed E-state index contributed by atoms with van der Waals surface area (Å²) in [6, 6.07) is 16.7. The van der Waals surface area contributed by atoms with Gasteiger partial charge in [-0.15, -0.1) is 0 Å². The second-order valence-corrected chi connectivity index (χ2v) is 6.48. The molecule has 0 fully saturated rings. The summed E-state index contributed by atoms with van der Waals surface area (Å²) >= 11 is 0. The van der Waals surface area contributed by atoms with Crippen LogP contribution in [0.2, 0.25) is 0 Å². The maximum Gasteiger partial charge on any atom is 0.0765 e. The number of nitrogen functional groups attached to an aromatic ring is 1. The van der Waals surface area contributed by atoms with E-state index in [1.807, 2.05) is 18.2 Å². The van der Waals surface area contributed by atoms with E-state index in [4.69, 9.17) is 10.7 Å². The van der Waals surface area contributed by atoms with Gasteiger partial charge in [0.25, 0.3) is 0 Å². The normalized spacial score (nSPS) is 15.5. The monoisotopic (exact) mass is 274 g/mol. The van der Waals surface area contributed by atoms with E-state index in [-0.39, 0.29) is 5.41 Å². The number of anilines is 1. The van der Waals surface area contributed by atoms with E-state index in [1.54, 1.807) is 0 Å². The molecule has 0 aliphatic heterocycles. The molecule has 21 heavy (non-hydrogen) atoms. The molecule has 2 N–H and O–H groups in total. The average Bonchev–Trinajstić information content (AvgIpc) is 2.49. The van der Waals surface area contributed by atoms with Crippen LogP contribution in [-0.2, 0) is 11.8 Å². The van der Waals surface area contributed by atoms with Crippen molar-refractivity contribution in [2.75, 3.05) is 5.73 Å². The first-order valence-corrected chi connectivity index (χ1v) is 7.35. The number of nitrogens with two attached hydrogens (primary N) is 1. The van der Waals surface area contributed by atoms with Gasteiger partial charge in [-0.05, 0) is 23.5 Å². The smallest absolute Gasteiger partial charge is 0.0765 e. The van der Waals surface area contributed by atoms with Crippen molar-refractivity contribution in [3.63, 3.8) is 0 Å². The lowest BCUT2D eigenvalue weighted by Gasteiger charge is -2.34. The van der Waals surface area contributed by atoms with Gasteiger partial charge in [-0.1, -0.05) is 56.3 Å². The highest BCUT2D eigenvalue weighted by molar-refractivity contribution is 5.96. The molecular weight excluding hydrogens is 256 g/mol. The number of pyridine rings is 1. The summed E-state index contributed by atoms with van der Waals surface area (Å²) in [6.07, 6.45) is 0.934. The molecule has 4 rings (SSSR count). The highest BCUT2D eigenvalue weighted by atomic mass is 14.7. The first-order chi connectivity index (χ1) is 10.1. The van der Waals surface area contributed by atoms with Gasteiger partial charge in [0.1, 0.15) is 0 Å². The van der Waals surface area contributed by atoms with Gasteiger partial charge >= 0.3 is 0 Å². The summed E-state index contributed by atoms with van der Waals surface area (Å²) in [7, 11) is 0. The van der Waals surface area contributed by atoms with Crippen molar-refractivity contribution in [1.29, 1.82) is 0 Å². The molecule has 2 aromatic carbocycles. The molecule has 0 spiro atoms. The highest BCUT2D eigenvalue weighted by Crippen LogP contribution is 2.45. The first-order valence-electron chi connectivity index (χ1n) is 7.35. The molecule has 104 valence electrons. The van der Waals surface area contributed by atoms with Gasteiger partial charge in [0.15, 0.2) is 0 Å². The maximum atomic E-state index is 6.48. The lowest BCUT2D eigenvalue weighted by atomic mass is 9.71. The minimum absolute atomic E-state index is 0.0852. The van der Waals surface area contributed by atoms with Crippen LogP contribution < -0.4 is 5.73 Å². The zero-order valence-corrected chi connectivity index (χ0v) is 12.4. The van der Waals surface area contributed by atoms with Crippen molar-refractivity contribution < 1.29 is 0 Å². The van der Waals surface area contributed by atoms with Gasteiger partial charge in [0, 0.05) is 22.2 Å². The molecule has 0 saturated heterocycles. The second-order valence-electron chi connectivity index (χ2n) is 6.48. The fourth-order valence-electron chi connectivity index (χ4n) is 3.50. The van der Waals surface area contributed by atoms with Gasteiger partial charge in [0.2, 0.25) is 0 Å². The minimum atomic E-state index is 0.0852. The van der Waals surface area contributed by atoms with Crippen LogP contribution in [0.4, 0.5) is 5.69 Å². The number of fused-ring (bicyclic) bond motifs is 4. The van der Waals surface area contributed by atoms with Gasteiger partial charge in [-0.25, -0.2) is 4.98 Å². The van der Waals surface area contributed by atoms with Crippen molar-refractivity contribution >= 4 is 16.6 Å². The van der Waals surface area contributed by atoms with E-state index in [0.29, 0.717) is 0 Å². The number of rotatable bonds is 0. The Balaban J connectivity index is 2.13. The number of aromatic nitrogens is 1. The van der Waals surface area contributed by atoms with Gasteiger partial charge in [-0.3, -0.25) is 0 Å². The summed E-state index contributed by atoms with van der Waals surface area (Å²) in [5.74, 6) is 0. The zero-order chi connectivity index (χ0) is 14.6. The Morgan fingerprint density at radius 3 is 2.57 bits per heavy atom. The standard InChI is InChI=1S/C19H18N2/c1-19(2)11-14-17(20)13-8-4-6-10-16(13)21-18(14)12-7-3-5-9-15(12)19/h3-10H,11H2,1-2H3,(H2,20,21). The van der Waals surface area contributed by atoms with Gasteiger partial charge < -0.3 is 5.73 Å². The zero-order valence-electron chi connectivity index (χ0n) is 12.4. The molecule has 0 unspecified atom stereocenters. The molecule has 0 atom stereocenters. The molecule has 1 heterocycles. The fourth-order valence-corrected chi connectivity index (χ4v) is 3.50. The summed E-state index contributed by atoms with van der Waals surface area (Å²) in [5.41, 5.74) is 13.3.